The molecule has 4 unspecified atom stereocenters. The molecule has 23 heavy (non-hydrogen) atoms. The quantitative estimate of drug-likeness (QED) is 0.370. The molecule has 0 amide bonds. The van der Waals surface area contributed by atoms with E-state index in [1.54, 1.807) is 13.0 Å². The van der Waals surface area contributed by atoms with Crippen molar-refractivity contribution in [3.8, 4) is 0 Å². The number of Topliss-reactive ketones (excluding diaryl/α,β-unsaturated/α-hetero) is 1. The van der Waals surface area contributed by atoms with Crippen LogP contribution in [0.25, 0.3) is 0 Å². The van der Waals surface area contributed by atoms with Crippen LogP contribution in [-0.4, -0.2) is 51.6 Å². The molecule has 4 N–H and O–H groups in total. The molecule has 0 saturated carbocycles. The first-order valence-corrected chi connectivity index (χ1v) is 7.25. The molecule has 0 aromatic heterocycles. The van der Waals surface area contributed by atoms with Crippen molar-refractivity contribution >= 4 is 23.7 Å². The van der Waals surface area contributed by atoms with E-state index in [2.05, 4.69) is 5.32 Å². The summed E-state index contributed by atoms with van der Waals surface area (Å²) in [6, 6.07) is -0.951. The summed E-state index contributed by atoms with van der Waals surface area (Å²) in [5.74, 6) is -5.89. The lowest BCUT2D eigenvalue weighted by Gasteiger charge is -2.20. The number of aliphatic carboxylic acids is 3. The molecule has 0 aliphatic carbocycles. The summed E-state index contributed by atoms with van der Waals surface area (Å²) >= 11 is 0. The molecule has 8 nitrogen and oxygen atoms in total. The minimum Gasteiger partial charge on any atom is -0.481 e. The monoisotopic (exact) mass is 327 g/mol. The van der Waals surface area contributed by atoms with Gasteiger partial charge in [-0.1, -0.05) is 11.6 Å². The molecule has 128 valence electrons. The maximum atomic E-state index is 11.7. The molecule has 1 aliphatic rings. The smallest absolute Gasteiger partial charge is 0.321 e. The summed E-state index contributed by atoms with van der Waals surface area (Å²) in [4.78, 5) is 44.6. The third kappa shape index (κ3) is 4.88. The van der Waals surface area contributed by atoms with Crippen molar-refractivity contribution in [2.24, 2.45) is 17.8 Å². The first-order chi connectivity index (χ1) is 10.6. The van der Waals surface area contributed by atoms with Gasteiger partial charge in [0, 0.05) is 18.9 Å². The Morgan fingerprint density at radius 1 is 1.22 bits per heavy atom. The zero-order chi connectivity index (χ0) is 17.7. The first-order valence-electron chi connectivity index (χ1n) is 7.25. The maximum Gasteiger partial charge on any atom is 0.321 e. The Labute approximate surface area is 133 Å². The zero-order valence-corrected chi connectivity index (χ0v) is 13.0. The van der Waals surface area contributed by atoms with Crippen LogP contribution in [-0.2, 0) is 19.2 Å². The van der Waals surface area contributed by atoms with Crippen molar-refractivity contribution in [2.45, 2.75) is 32.7 Å². The summed E-state index contributed by atoms with van der Waals surface area (Å²) in [7, 11) is 0. The van der Waals surface area contributed by atoms with E-state index < -0.39 is 41.6 Å². The van der Waals surface area contributed by atoms with Gasteiger partial charge in [0.15, 0.2) is 5.78 Å². The van der Waals surface area contributed by atoms with Gasteiger partial charge in [-0.15, -0.1) is 0 Å². The number of carboxylic acids is 3. The van der Waals surface area contributed by atoms with Gasteiger partial charge in [0.2, 0.25) is 0 Å². The van der Waals surface area contributed by atoms with Gasteiger partial charge in [-0.05, 0) is 19.8 Å². The van der Waals surface area contributed by atoms with Crippen LogP contribution in [0.1, 0.15) is 26.7 Å². The van der Waals surface area contributed by atoms with Crippen LogP contribution in [0.3, 0.4) is 0 Å². The summed E-state index contributed by atoms with van der Waals surface area (Å²) in [6.45, 7) is 3.31. The number of allylic oxidation sites excluding steroid dienone is 1. The minimum absolute atomic E-state index is 0.0761. The van der Waals surface area contributed by atoms with Gasteiger partial charge in [0.05, 0.1) is 6.42 Å². The molecule has 1 aliphatic heterocycles. The Balaban J connectivity index is 2.83. The van der Waals surface area contributed by atoms with Gasteiger partial charge in [-0.25, -0.2) is 0 Å². The molecule has 0 bridgehead atoms. The van der Waals surface area contributed by atoms with E-state index >= 15 is 0 Å². The van der Waals surface area contributed by atoms with Crippen molar-refractivity contribution in [3.63, 3.8) is 0 Å². The standard InChI is InChI=1S/C15H21NO7/c1-7(3-4-11(17)8(2)14(20)21)10-6-16-13(15(22)23)9(10)5-12(18)19/h3,8-10,13,16H,4-6H2,1-2H3,(H,18,19)(H,20,21)(H,22,23)/b7-3-. The second kappa shape index (κ2) is 7.87. The summed E-state index contributed by atoms with van der Waals surface area (Å²) < 4.78 is 0. The van der Waals surface area contributed by atoms with E-state index in [-0.39, 0.29) is 18.8 Å². The number of carbonyl (C=O) groups is 4. The van der Waals surface area contributed by atoms with E-state index in [1.165, 1.54) is 6.92 Å². The van der Waals surface area contributed by atoms with Gasteiger partial charge >= 0.3 is 17.9 Å². The van der Waals surface area contributed by atoms with Crippen molar-refractivity contribution in [3.05, 3.63) is 11.6 Å². The summed E-state index contributed by atoms with van der Waals surface area (Å²) in [6.07, 6.45) is 1.19. The Hall–Kier alpha value is -2.22. The number of rotatable bonds is 8. The molecule has 1 saturated heterocycles. The highest BCUT2D eigenvalue weighted by Gasteiger charge is 2.41. The predicted octanol–water partition coefficient (Wildman–Crippen LogP) is 0.376. The van der Waals surface area contributed by atoms with E-state index in [0.29, 0.717) is 12.1 Å². The molecule has 8 heteroatoms. The molecular weight excluding hydrogens is 306 g/mol. The number of carbonyl (C=O) groups excluding carboxylic acids is 1. The molecule has 1 heterocycles. The van der Waals surface area contributed by atoms with Gasteiger partial charge in [-0.3, -0.25) is 19.2 Å². The molecule has 0 aromatic carbocycles. The maximum absolute atomic E-state index is 11.7. The van der Waals surface area contributed by atoms with Crippen LogP contribution in [0.5, 0.6) is 0 Å². The van der Waals surface area contributed by atoms with Crippen molar-refractivity contribution in [1.29, 1.82) is 0 Å². The van der Waals surface area contributed by atoms with Crippen LogP contribution in [0.15, 0.2) is 11.6 Å². The highest BCUT2D eigenvalue weighted by atomic mass is 16.4. The lowest BCUT2D eigenvalue weighted by atomic mass is 9.82. The summed E-state index contributed by atoms with van der Waals surface area (Å²) in [5, 5.41) is 29.7. The van der Waals surface area contributed by atoms with E-state index in [4.69, 9.17) is 15.3 Å². The number of ketones is 1. The van der Waals surface area contributed by atoms with E-state index in [0.717, 1.165) is 0 Å². The fourth-order valence-corrected chi connectivity index (χ4v) is 2.75. The van der Waals surface area contributed by atoms with E-state index in [1.807, 2.05) is 0 Å². The molecule has 0 aromatic rings. The van der Waals surface area contributed by atoms with Crippen LogP contribution >= 0.6 is 0 Å². The highest BCUT2D eigenvalue weighted by Crippen LogP contribution is 2.32. The zero-order valence-electron chi connectivity index (χ0n) is 13.0. The second-order valence-electron chi connectivity index (χ2n) is 5.77. The molecule has 4 atom stereocenters. The fraction of sp³-hybridized carbons (Fsp3) is 0.600. The van der Waals surface area contributed by atoms with Gasteiger partial charge in [-0.2, -0.15) is 0 Å². The number of hydrogen-bond donors (Lipinski definition) is 4. The summed E-state index contributed by atoms with van der Waals surface area (Å²) in [5.41, 5.74) is 0.693. The largest absolute Gasteiger partial charge is 0.481 e. The number of nitrogens with one attached hydrogen (secondary N) is 1. The van der Waals surface area contributed by atoms with Crippen LogP contribution in [0.4, 0.5) is 0 Å². The van der Waals surface area contributed by atoms with Crippen LogP contribution in [0.2, 0.25) is 0 Å². The predicted molar refractivity (Wildman–Crippen MR) is 78.8 cm³/mol. The third-order valence-corrected chi connectivity index (χ3v) is 4.24. The average molecular weight is 327 g/mol. The van der Waals surface area contributed by atoms with Gasteiger partial charge in [0.25, 0.3) is 0 Å². The first kappa shape index (κ1) is 18.8. The number of carboxylic acid groups (broad SMARTS) is 3. The third-order valence-electron chi connectivity index (χ3n) is 4.24. The molecular formula is C15H21NO7. The normalized spacial score (nSPS) is 25.8. The van der Waals surface area contributed by atoms with Crippen molar-refractivity contribution in [2.75, 3.05) is 6.54 Å². The van der Waals surface area contributed by atoms with Gasteiger partial charge in [0.1, 0.15) is 12.0 Å². The molecule has 1 fully saturated rings. The highest BCUT2D eigenvalue weighted by molar-refractivity contribution is 5.98. The Morgan fingerprint density at radius 3 is 2.30 bits per heavy atom. The lowest BCUT2D eigenvalue weighted by Crippen LogP contribution is -2.36. The molecule has 0 spiro atoms. The minimum atomic E-state index is -1.20. The SMILES string of the molecule is C/C(=C/CC(=O)C(C)C(=O)O)C1CNC(C(=O)O)C1CC(=O)O. The molecule has 1 rings (SSSR count). The lowest BCUT2D eigenvalue weighted by molar-refractivity contribution is -0.146. The van der Waals surface area contributed by atoms with Gasteiger partial charge < -0.3 is 20.6 Å². The van der Waals surface area contributed by atoms with Crippen molar-refractivity contribution in [1.82, 2.24) is 5.32 Å². The topological polar surface area (TPSA) is 141 Å². The number of hydrogen-bond acceptors (Lipinski definition) is 5. The molecule has 0 radical (unpaired) electrons. The van der Waals surface area contributed by atoms with Crippen LogP contribution in [0, 0.1) is 17.8 Å². The van der Waals surface area contributed by atoms with Crippen LogP contribution < -0.4 is 5.32 Å². The second-order valence-corrected chi connectivity index (χ2v) is 5.77. The Bertz CT molecular complexity index is 540. The Kier molecular flexibility index (Phi) is 6.44. The Morgan fingerprint density at radius 2 is 1.83 bits per heavy atom. The van der Waals surface area contributed by atoms with E-state index in [9.17, 15) is 19.2 Å². The fourth-order valence-electron chi connectivity index (χ4n) is 2.75. The average Bonchev–Trinajstić information content (AvgIpc) is 2.86. The van der Waals surface area contributed by atoms with Crippen molar-refractivity contribution < 1.29 is 34.5 Å².